The quantitative estimate of drug-likeness (QED) is 0.250. The molecule has 4 aliphatic rings. The largest absolute Gasteiger partial charge is 0.508 e. The zero-order valence-corrected chi connectivity index (χ0v) is 32.6. The molecule has 3 N–H and O–H groups in total. The highest BCUT2D eigenvalue weighted by molar-refractivity contribution is 8.00. The molecule has 15 heteroatoms. The molecule has 5 rings (SSSR count). The Bertz CT molecular complexity index is 1480. The summed E-state index contributed by atoms with van der Waals surface area (Å²) in [6.07, 6.45) is 7.37. The zero-order chi connectivity index (χ0) is 38.1. The van der Waals surface area contributed by atoms with Gasteiger partial charge in [-0.2, -0.15) is 0 Å². The van der Waals surface area contributed by atoms with Gasteiger partial charge < -0.3 is 35.0 Å². The summed E-state index contributed by atoms with van der Waals surface area (Å²) >= 11 is 3.25. The molecule has 0 radical (unpaired) electrons. The van der Waals surface area contributed by atoms with Crippen LogP contribution in [0.15, 0.2) is 24.3 Å². The number of thioether (sulfide) groups is 2. The molecule has 292 valence electrons. The molecule has 4 fully saturated rings. The first-order valence-electron chi connectivity index (χ1n) is 19.0. The minimum atomic E-state index is -0.811. The number of esters is 2. The molecule has 0 spiro atoms. The van der Waals surface area contributed by atoms with E-state index in [2.05, 4.69) is 10.6 Å². The Hall–Kier alpha value is -3.46. The first-order valence-corrected chi connectivity index (χ1v) is 21.1. The number of carbonyl (C=O) groups excluding carboxylic acids is 6. The third-order valence-electron chi connectivity index (χ3n) is 10.9. The van der Waals surface area contributed by atoms with E-state index in [1.54, 1.807) is 57.6 Å². The smallest absolute Gasteiger partial charge is 0.328 e. The van der Waals surface area contributed by atoms with Crippen LogP contribution in [0, 0.1) is 11.8 Å². The Balaban J connectivity index is 1.29. The lowest BCUT2D eigenvalue weighted by atomic mass is 9.87. The number of nitrogens with one attached hydrogen (secondary N) is 2. The Morgan fingerprint density at radius 2 is 1.21 bits per heavy atom. The molecule has 0 unspecified atom stereocenters. The lowest BCUT2D eigenvalue weighted by Gasteiger charge is -2.40. The minimum absolute atomic E-state index is 0.104. The van der Waals surface area contributed by atoms with E-state index in [1.807, 2.05) is 6.92 Å². The maximum atomic E-state index is 14.1. The minimum Gasteiger partial charge on any atom is -0.508 e. The Kier molecular flexibility index (Phi) is 14.8. The van der Waals surface area contributed by atoms with Gasteiger partial charge in [0, 0.05) is 11.8 Å². The fraction of sp³-hybridized carbons (Fsp3) is 0.684. The number of amides is 4. The number of nitrogens with zero attached hydrogens (tertiary/aromatic N) is 2. The van der Waals surface area contributed by atoms with Gasteiger partial charge in [0.25, 0.3) is 0 Å². The van der Waals surface area contributed by atoms with Crippen molar-refractivity contribution in [3.8, 4) is 5.75 Å². The van der Waals surface area contributed by atoms with Gasteiger partial charge in [-0.25, -0.2) is 9.59 Å². The molecule has 1 aromatic rings. The van der Waals surface area contributed by atoms with Gasteiger partial charge in [-0.05, 0) is 106 Å². The van der Waals surface area contributed by atoms with Crippen LogP contribution in [0.3, 0.4) is 0 Å². The maximum Gasteiger partial charge on any atom is 0.328 e. The van der Waals surface area contributed by atoms with E-state index in [1.165, 1.54) is 14.2 Å². The number of phenols is 1. The third-order valence-corrected chi connectivity index (χ3v) is 13.6. The summed E-state index contributed by atoms with van der Waals surface area (Å²) < 4.78 is 10.1. The van der Waals surface area contributed by atoms with Crippen LogP contribution >= 0.6 is 23.5 Å². The van der Waals surface area contributed by atoms with Crippen LogP contribution in [0.2, 0.25) is 0 Å². The van der Waals surface area contributed by atoms with Crippen LogP contribution < -0.4 is 10.6 Å². The Morgan fingerprint density at radius 1 is 0.736 bits per heavy atom. The highest BCUT2D eigenvalue weighted by Crippen LogP contribution is 2.36. The van der Waals surface area contributed by atoms with Gasteiger partial charge >= 0.3 is 11.9 Å². The molecule has 4 aliphatic heterocycles. The van der Waals surface area contributed by atoms with Crippen molar-refractivity contribution in [3.05, 3.63) is 29.8 Å². The number of methoxy groups -OCH3 is 2. The van der Waals surface area contributed by atoms with Crippen molar-refractivity contribution in [1.29, 1.82) is 0 Å². The first kappa shape index (κ1) is 40.7. The number of ether oxygens (including phenoxy) is 2. The van der Waals surface area contributed by atoms with Gasteiger partial charge in [0.1, 0.15) is 29.9 Å². The summed E-state index contributed by atoms with van der Waals surface area (Å²) in [4.78, 5) is 84.4. The van der Waals surface area contributed by atoms with E-state index in [9.17, 15) is 33.9 Å². The third kappa shape index (κ3) is 10.00. The van der Waals surface area contributed by atoms with E-state index < -0.39 is 47.9 Å². The normalized spacial score (nSPS) is 27.2. The van der Waals surface area contributed by atoms with Crippen LogP contribution in [-0.4, -0.2) is 111 Å². The molecule has 53 heavy (non-hydrogen) atoms. The van der Waals surface area contributed by atoms with Gasteiger partial charge in [0.15, 0.2) is 0 Å². The lowest BCUT2D eigenvalue weighted by molar-refractivity contribution is -0.156. The Morgan fingerprint density at radius 3 is 1.68 bits per heavy atom. The van der Waals surface area contributed by atoms with Crippen LogP contribution in [0.1, 0.15) is 89.5 Å². The second kappa shape index (κ2) is 19.2. The molecule has 0 saturated carbocycles. The van der Waals surface area contributed by atoms with E-state index >= 15 is 0 Å². The number of fused-ring (bicyclic) bond motifs is 2. The second-order valence-corrected chi connectivity index (χ2v) is 17.0. The molecule has 0 aromatic heterocycles. The summed E-state index contributed by atoms with van der Waals surface area (Å²) in [6, 6.07) is 3.69. The maximum absolute atomic E-state index is 14.1. The van der Waals surface area contributed by atoms with Crippen LogP contribution in [-0.2, 0) is 44.7 Å². The summed E-state index contributed by atoms with van der Waals surface area (Å²) in [7, 11) is 2.64. The highest BCUT2D eigenvalue weighted by atomic mass is 32.2. The fourth-order valence-corrected chi connectivity index (χ4v) is 10.9. The summed E-state index contributed by atoms with van der Waals surface area (Å²) in [6.45, 7) is 1.98. The predicted molar refractivity (Wildman–Crippen MR) is 202 cm³/mol. The molecule has 1 aromatic carbocycles. The van der Waals surface area contributed by atoms with Crippen molar-refractivity contribution < 1.29 is 43.3 Å². The molecule has 13 nitrogen and oxygen atoms in total. The average molecular weight is 775 g/mol. The van der Waals surface area contributed by atoms with E-state index in [0.717, 1.165) is 31.2 Å². The van der Waals surface area contributed by atoms with Crippen molar-refractivity contribution >= 4 is 59.1 Å². The average Bonchev–Trinajstić information content (AvgIpc) is 3.42. The topological polar surface area (TPSA) is 172 Å². The molecular weight excluding hydrogens is 721 g/mol. The van der Waals surface area contributed by atoms with Crippen molar-refractivity contribution in [2.45, 2.75) is 125 Å². The van der Waals surface area contributed by atoms with Crippen molar-refractivity contribution in [2.24, 2.45) is 11.8 Å². The first-order chi connectivity index (χ1) is 25.6. The van der Waals surface area contributed by atoms with Gasteiger partial charge in [0.2, 0.25) is 23.6 Å². The molecule has 8 atom stereocenters. The van der Waals surface area contributed by atoms with Crippen molar-refractivity contribution in [3.63, 3.8) is 0 Å². The van der Waals surface area contributed by atoms with E-state index in [4.69, 9.17) is 9.47 Å². The fourth-order valence-electron chi connectivity index (χ4n) is 8.08. The van der Waals surface area contributed by atoms with Gasteiger partial charge in [-0.1, -0.05) is 25.5 Å². The van der Waals surface area contributed by atoms with Gasteiger partial charge in [0.05, 0.1) is 25.0 Å². The molecule has 4 amide bonds. The van der Waals surface area contributed by atoms with Crippen LogP contribution in [0.25, 0.3) is 0 Å². The van der Waals surface area contributed by atoms with Crippen LogP contribution in [0.5, 0.6) is 5.75 Å². The molecule has 4 saturated heterocycles. The molecule has 0 aliphatic carbocycles. The monoisotopic (exact) mass is 774 g/mol. The number of benzene rings is 1. The number of piperidine rings is 2. The molecular formula is C38H54N4O9S2. The van der Waals surface area contributed by atoms with E-state index in [0.29, 0.717) is 69.3 Å². The second-order valence-electron chi connectivity index (χ2n) is 14.4. The molecule has 4 heterocycles. The van der Waals surface area contributed by atoms with Gasteiger partial charge in [-0.15, -0.1) is 23.5 Å². The number of carbonyl (C=O) groups is 6. The van der Waals surface area contributed by atoms with Crippen LogP contribution in [0.4, 0.5) is 0 Å². The predicted octanol–water partition coefficient (Wildman–Crippen LogP) is 3.75. The molecule has 0 bridgehead atoms. The van der Waals surface area contributed by atoms with Crippen molar-refractivity contribution in [1.82, 2.24) is 20.4 Å². The highest BCUT2D eigenvalue weighted by Gasteiger charge is 2.45. The summed E-state index contributed by atoms with van der Waals surface area (Å²) in [5.41, 5.74) is 0.821. The summed E-state index contributed by atoms with van der Waals surface area (Å²) in [5.74, 6) is -1.69. The summed E-state index contributed by atoms with van der Waals surface area (Å²) in [5, 5.41) is 15.6. The van der Waals surface area contributed by atoms with E-state index in [-0.39, 0.29) is 40.1 Å². The zero-order valence-electron chi connectivity index (χ0n) is 31.0. The van der Waals surface area contributed by atoms with Gasteiger partial charge in [-0.3, -0.25) is 19.2 Å². The number of hydrogen-bond acceptors (Lipinski definition) is 11. The van der Waals surface area contributed by atoms with Crippen molar-refractivity contribution in [2.75, 3.05) is 25.7 Å². The number of rotatable bonds is 13. The standard InChI is InChI=1S/C38H54N4O9S2/c1-4-7-24(33(44)39-27-18-20-52-31-10-5-8-29(37(48)50-2)41(31)35(27)46)14-15-25(22-23-12-16-26(43)17-13-23)34(45)40-28-19-21-53-32-11-6-9-30(38(49)51-3)42(32)36(28)47/h12-13,16-17,24-25,27-32,43H,4-11,14-15,18-22H2,1-3H3,(H,39,44)(H,40,45)/t24-,25+,27-,28-,29-,30-,31-,32-/m0/s1. The SMILES string of the molecule is CCC[C@@H](CC[C@H](Cc1ccc(O)cc1)C(=O)N[C@H]1CCS[C@H]2CCC[C@@H](C(=O)OC)N2C1=O)C(=O)N[C@H]1CCS[C@H]2CCC[C@@H](C(=O)OC)N2C1=O. The lowest BCUT2D eigenvalue weighted by Crippen LogP contribution is -2.58. The number of phenolic OH excluding ortho intramolecular Hbond substituents is 1. The Labute approximate surface area is 320 Å². The number of hydrogen-bond donors (Lipinski definition) is 3. The number of aromatic hydroxyl groups is 1.